The Balaban J connectivity index is 2.30. The quantitative estimate of drug-likeness (QED) is 0.701. The van der Waals surface area contributed by atoms with E-state index < -0.39 is 0 Å². The summed E-state index contributed by atoms with van der Waals surface area (Å²) in [7, 11) is 2.18. The second kappa shape index (κ2) is 6.38. The highest BCUT2D eigenvalue weighted by Crippen LogP contribution is 2.13. The van der Waals surface area contributed by atoms with Crippen molar-refractivity contribution in [3.63, 3.8) is 0 Å². The Morgan fingerprint density at radius 2 is 2.21 bits per heavy atom. The first-order valence-electron chi connectivity index (χ1n) is 5.76. The van der Waals surface area contributed by atoms with Gasteiger partial charge in [-0.15, -0.1) is 0 Å². The normalized spacial score (nSPS) is 26.1. The molecule has 1 heterocycles. The topological polar surface area (TPSA) is 35.5 Å². The summed E-state index contributed by atoms with van der Waals surface area (Å²) in [5.74, 6) is 0.399. The molecule has 1 aliphatic rings. The minimum atomic E-state index is 0.301. The van der Waals surface area contributed by atoms with Crippen LogP contribution in [0.25, 0.3) is 0 Å². The van der Waals surface area contributed by atoms with Crippen LogP contribution < -0.4 is 5.32 Å². The predicted molar refractivity (Wildman–Crippen MR) is 59.4 cm³/mol. The van der Waals surface area contributed by atoms with Crippen LogP contribution in [-0.4, -0.2) is 49.3 Å². The summed E-state index contributed by atoms with van der Waals surface area (Å²) >= 11 is 0. The molecule has 0 spiro atoms. The third-order valence-electron chi connectivity index (χ3n) is 3.08. The van der Waals surface area contributed by atoms with Crippen LogP contribution in [-0.2, 0) is 0 Å². The summed E-state index contributed by atoms with van der Waals surface area (Å²) < 4.78 is 0. The van der Waals surface area contributed by atoms with Crippen molar-refractivity contribution in [1.82, 2.24) is 10.2 Å². The van der Waals surface area contributed by atoms with Crippen LogP contribution in [0.2, 0.25) is 0 Å². The summed E-state index contributed by atoms with van der Waals surface area (Å²) in [6.45, 7) is 5.73. The van der Waals surface area contributed by atoms with E-state index in [-0.39, 0.29) is 0 Å². The molecule has 0 aromatic heterocycles. The summed E-state index contributed by atoms with van der Waals surface area (Å²) in [6, 6.07) is 0.707. The lowest BCUT2D eigenvalue weighted by molar-refractivity contribution is 0.153. The Bertz CT molecular complexity index is 144. The molecule has 0 aromatic rings. The highest BCUT2D eigenvalue weighted by molar-refractivity contribution is 4.74. The largest absolute Gasteiger partial charge is 0.396 e. The first-order chi connectivity index (χ1) is 6.74. The van der Waals surface area contributed by atoms with E-state index in [1.807, 2.05) is 0 Å². The number of hydrogen-bond donors (Lipinski definition) is 2. The lowest BCUT2D eigenvalue weighted by Crippen LogP contribution is -2.36. The SMILES string of the molecule is CC(CO)CN(C)C1CCCNCC1. The Labute approximate surface area is 87.5 Å². The molecule has 1 aliphatic heterocycles. The second-order valence-corrected chi connectivity index (χ2v) is 4.56. The standard InChI is InChI=1S/C11H24N2O/c1-10(9-14)8-13(2)11-4-3-6-12-7-5-11/h10-12,14H,3-9H2,1-2H3. The van der Waals surface area contributed by atoms with Gasteiger partial charge in [0.05, 0.1) is 0 Å². The Morgan fingerprint density at radius 1 is 1.43 bits per heavy atom. The molecule has 0 amide bonds. The molecule has 0 aliphatic carbocycles. The molecule has 1 rings (SSSR count). The molecular formula is C11H24N2O. The van der Waals surface area contributed by atoms with Crippen LogP contribution in [0.15, 0.2) is 0 Å². The zero-order valence-electron chi connectivity index (χ0n) is 9.50. The number of aliphatic hydroxyl groups is 1. The Kier molecular flexibility index (Phi) is 5.45. The first kappa shape index (κ1) is 12.0. The molecule has 2 N–H and O–H groups in total. The van der Waals surface area contributed by atoms with Gasteiger partial charge in [-0.05, 0) is 45.3 Å². The fraction of sp³-hybridized carbons (Fsp3) is 1.00. The van der Waals surface area contributed by atoms with E-state index in [1.54, 1.807) is 0 Å². The molecule has 3 nitrogen and oxygen atoms in total. The maximum Gasteiger partial charge on any atom is 0.0468 e. The van der Waals surface area contributed by atoms with Crippen molar-refractivity contribution < 1.29 is 5.11 Å². The molecule has 1 saturated heterocycles. The molecule has 2 atom stereocenters. The third-order valence-corrected chi connectivity index (χ3v) is 3.08. The summed E-state index contributed by atoms with van der Waals surface area (Å²) in [5.41, 5.74) is 0. The highest BCUT2D eigenvalue weighted by Gasteiger charge is 2.17. The van der Waals surface area contributed by atoms with Crippen molar-refractivity contribution in [2.24, 2.45) is 5.92 Å². The fourth-order valence-electron chi connectivity index (χ4n) is 2.14. The van der Waals surface area contributed by atoms with Gasteiger partial charge in [0.2, 0.25) is 0 Å². The van der Waals surface area contributed by atoms with Gasteiger partial charge in [0.15, 0.2) is 0 Å². The van der Waals surface area contributed by atoms with Crippen molar-refractivity contribution in [3.8, 4) is 0 Å². The van der Waals surface area contributed by atoms with E-state index in [4.69, 9.17) is 5.11 Å². The highest BCUT2D eigenvalue weighted by atomic mass is 16.3. The number of aliphatic hydroxyl groups excluding tert-OH is 1. The van der Waals surface area contributed by atoms with Crippen LogP contribution in [0.1, 0.15) is 26.2 Å². The van der Waals surface area contributed by atoms with Crippen LogP contribution >= 0.6 is 0 Å². The molecule has 2 unspecified atom stereocenters. The zero-order valence-corrected chi connectivity index (χ0v) is 9.50. The van der Waals surface area contributed by atoms with Crippen LogP contribution in [0.4, 0.5) is 0 Å². The summed E-state index contributed by atoms with van der Waals surface area (Å²) in [5, 5.41) is 12.4. The number of rotatable bonds is 4. The zero-order chi connectivity index (χ0) is 10.4. The molecule has 0 saturated carbocycles. The summed E-state index contributed by atoms with van der Waals surface area (Å²) in [6.07, 6.45) is 3.82. The van der Waals surface area contributed by atoms with Gasteiger partial charge in [0.1, 0.15) is 0 Å². The molecule has 0 radical (unpaired) electrons. The third kappa shape index (κ3) is 3.95. The molecule has 3 heteroatoms. The van der Waals surface area contributed by atoms with Gasteiger partial charge >= 0.3 is 0 Å². The van der Waals surface area contributed by atoms with E-state index in [0.29, 0.717) is 18.6 Å². The van der Waals surface area contributed by atoms with E-state index >= 15 is 0 Å². The van der Waals surface area contributed by atoms with E-state index in [1.165, 1.54) is 25.8 Å². The van der Waals surface area contributed by atoms with Crippen molar-refractivity contribution in [1.29, 1.82) is 0 Å². The molecule has 1 fully saturated rings. The van der Waals surface area contributed by atoms with Crippen molar-refractivity contribution in [3.05, 3.63) is 0 Å². The van der Waals surface area contributed by atoms with Gasteiger partial charge < -0.3 is 15.3 Å². The van der Waals surface area contributed by atoms with E-state index in [9.17, 15) is 0 Å². The van der Waals surface area contributed by atoms with Gasteiger partial charge in [0.25, 0.3) is 0 Å². The average Bonchev–Trinajstić information content (AvgIpc) is 2.45. The molecule has 0 aromatic carbocycles. The number of hydrogen-bond acceptors (Lipinski definition) is 3. The van der Waals surface area contributed by atoms with E-state index in [2.05, 4.69) is 24.2 Å². The van der Waals surface area contributed by atoms with Gasteiger partial charge in [-0.2, -0.15) is 0 Å². The van der Waals surface area contributed by atoms with Crippen molar-refractivity contribution in [2.45, 2.75) is 32.2 Å². The van der Waals surface area contributed by atoms with Gasteiger partial charge in [-0.1, -0.05) is 6.92 Å². The Morgan fingerprint density at radius 3 is 2.93 bits per heavy atom. The molecule has 0 bridgehead atoms. The molecular weight excluding hydrogens is 176 g/mol. The number of nitrogens with zero attached hydrogens (tertiary/aromatic N) is 1. The maximum atomic E-state index is 9.00. The smallest absolute Gasteiger partial charge is 0.0468 e. The molecule has 14 heavy (non-hydrogen) atoms. The first-order valence-corrected chi connectivity index (χ1v) is 5.76. The monoisotopic (exact) mass is 200 g/mol. The minimum Gasteiger partial charge on any atom is -0.396 e. The fourth-order valence-corrected chi connectivity index (χ4v) is 2.14. The second-order valence-electron chi connectivity index (χ2n) is 4.56. The molecule has 84 valence electrons. The minimum absolute atomic E-state index is 0.301. The van der Waals surface area contributed by atoms with E-state index in [0.717, 1.165) is 13.1 Å². The van der Waals surface area contributed by atoms with Gasteiger partial charge in [-0.25, -0.2) is 0 Å². The van der Waals surface area contributed by atoms with Crippen LogP contribution in [0, 0.1) is 5.92 Å². The summed E-state index contributed by atoms with van der Waals surface area (Å²) in [4.78, 5) is 2.41. The lowest BCUT2D eigenvalue weighted by atomic mass is 10.1. The van der Waals surface area contributed by atoms with Crippen LogP contribution in [0.5, 0.6) is 0 Å². The van der Waals surface area contributed by atoms with Gasteiger partial charge in [-0.3, -0.25) is 0 Å². The van der Waals surface area contributed by atoms with Crippen LogP contribution in [0.3, 0.4) is 0 Å². The lowest BCUT2D eigenvalue weighted by Gasteiger charge is -2.28. The van der Waals surface area contributed by atoms with Gasteiger partial charge in [0, 0.05) is 19.2 Å². The predicted octanol–water partition coefficient (Wildman–Crippen LogP) is 0.689. The maximum absolute atomic E-state index is 9.00. The Hall–Kier alpha value is -0.120. The van der Waals surface area contributed by atoms with Crippen molar-refractivity contribution in [2.75, 3.05) is 33.3 Å². The number of nitrogens with one attached hydrogen (secondary N) is 1. The van der Waals surface area contributed by atoms with Crippen molar-refractivity contribution >= 4 is 0 Å². The average molecular weight is 200 g/mol.